The van der Waals surface area contributed by atoms with Crippen molar-refractivity contribution in [2.75, 3.05) is 39.6 Å². The Labute approximate surface area is 645 Å². The fraction of sp³-hybridized carbons (Fsp3) is 0.953. The van der Waals surface area contributed by atoms with E-state index in [-0.39, 0.29) is 25.7 Å². The molecule has 0 amide bonds. The third-order valence-electron chi connectivity index (χ3n) is 20.1. The highest BCUT2D eigenvalue weighted by Gasteiger charge is 2.30. The average Bonchev–Trinajstić information content (AvgIpc) is 0.904. The summed E-state index contributed by atoms with van der Waals surface area (Å²) >= 11 is 0. The molecule has 0 saturated heterocycles. The molecule has 0 aliphatic heterocycles. The number of carbonyl (C=O) groups is 4. The zero-order valence-electron chi connectivity index (χ0n) is 69.2. The molecule has 0 spiro atoms. The molecule has 0 rings (SSSR count). The van der Waals surface area contributed by atoms with Gasteiger partial charge in [-0.1, -0.05) is 402 Å². The van der Waals surface area contributed by atoms with E-state index in [0.717, 1.165) is 108 Å². The van der Waals surface area contributed by atoms with Gasteiger partial charge in [0.25, 0.3) is 0 Å². The SMILES string of the molecule is CCCCCCCCCCCCCCCCCC(=O)O[C@H](COC(=O)CCCCCCCCCCC(C)C)COP(=O)(O)OC[C@H](O)COP(=O)(O)OC[C@@H](COC(=O)CCCCCCCCCCCCCCCCCC(C)C)OC(=O)CCCCCCCCCCCCCCCCCCCCC(C)C. The van der Waals surface area contributed by atoms with Crippen LogP contribution in [0, 0.1) is 17.8 Å². The van der Waals surface area contributed by atoms with Gasteiger partial charge in [0.15, 0.2) is 12.2 Å². The summed E-state index contributed by atoms with van der Waals surface area (Å²) in [6.07, 6.45) is 66.7. The quantitative estimate of drug-likeness (QED) is 0.0222. The number of esters is 4. The van der Waals surface area contributed by atoms with E-state index < -0.39 is 97.5 Å². The standard InChI is InChI=1S/C86H168O17P2/c1-8-9-10-11-12-13-14-15-21-29-34-39-48-55-62-69-86(91)103-82(74-97-84(89)68-61-54-47-42-41-45-52-59-66-79(6)7)76-101-105(94,95)99-72-80(87)71-98-104(92,93)100-75-81(73-96-83(88)67-60-53-46-38-33-28-25-20-23-27-32-37-44-51-58-65-78(4)5)102-85(90)70-63-56-49-40-35-30-24-19-17-16-18-22-26-31-36-43-50-57-64-77(2)3/h77-82,87H,8-76H2,1-7H3,(H,92,93)(H,94,95)/t80-,81-,82-/m1/s1. The number of carbonyl (C=O) groups excluding carboxylic acids is 4. The molecule has 624 valence electrons. The number of unbranched alkanes of at least 4 members (excludes halogenated alkanes) is 52. The number of ether oxygens (including phenoxy) is 4. The average molecular weight is 1540 g/mol. The highest BCUT2D eigenvalue weighted by molar-refractivity contribution is 7.47. The topological polar surface area (TPSA) is 237 Å². The molecular weight excluding hydrogens is 1370 g/mol. The number of aliphatic hydroxyl groups is 1. The molecular formula is C86H168O17P2. The Bertz CT molecular complexity index is 2030. The van der Waals surface area contributed by atoms with Crippen molar-refractivity contribution in [2.45, 2.75) is 471 Å². The van der Waals surface area contributed by atoms with Crippen LogP contribution in [0.1, 0.15) is 453 Å². The second-order valence-corrected chi connectivity index (χ2v) is 35.3. The van der Waals surface area contributed by atoms with Crippen molar-refractivity contribution in [3.8, 4) is 0 Å². The second kappa shape index (κ2) is 76.1. The number of hydrogen-bond donors (Lipinski definition) is 3. The fourth-order valence-corrected chi connectivity index (χ4v) is 14.9. The van der Waals surface area contributed by atoms with Crippen molar-refractivity contribution in [2.24, 2.45) is 17.8 Å². The maximum atomic E-state index is 13.1. The number of hydrogen-bond acceptors (Lipinski definition) is 15. The van der Waals surface area contributed by atoms with E-state index in [1.165, 1.54) is 263 Å². The maximum absolute atomic E-state index is 13.1. The normalized spacial score (nSPS) is 13.9. The smallest absolute Gasteiger partial charge is 0.462 e. The molecule has 0 heterocycles. The van der Waals surface area contributed by atoms with Crippen molar-refractivity contribution in [1.82, 2.24) is 0 Å². The van der Waals surface area contributed by atoms with Gasteiger partial charge in [0.2, 0.25) is 0 Å². The molecule has 0 saturated carbocycles. The van der Waals surface area contributed by atoms with Crippen LogP contribution in [0.25, 0.3) is 0 Å². The van der Waals surface area contributed by atoms with Gasteiger partial charge >= 0.3 is 39.5 Å². The van der Waals surface area contributed by atoms with Gasteiger partial charge < -0.3 is 33.8 Å². The molecule has 5 atom stereocenters. The summed E-state index contributed by atoms with van der Waals surface area (Å²) in [5.74, 6) is 0.249. The minimum absolute atomic E-state index is 0.108. The zero-order valence-corrected chi connectivity index (χ0v) is 71.0. The van der Waals surface area contributed by atoms with Crippen LogP contribution in [-0.4, -0.2) is 96.7 Å². The third kappa shape index (κ3) is 79.9. The van der Waals surface area contributed by atoms with Gasteiger partial charge in [-0.05, 0) is 43.4 Å². The third-order valence-corrected chi connectivity index (χ3v) is 22.0. The van der Waals surface area contributed by atoms with E-state index in [9.17, 15) is 43.2 Å². The van der Waals surface area contributed by atoms with Crippen molar-refractivity contribution in [3.63, 3.8) is 0 Å². The van der Waals surface area contributed by atoms with Crippen molar-refractivity contribution in [1.29, 1.82) is 0 Å². The predicted molar refractivity (Wildman–Crippen MR) is 432 cm³/mol. The molecule has 0 aromatic rings. The number of rotatable bonds is 84. The van der Waals surface area contributed by atoms with E-state index in [0.29, 0.717) is 25.7 Å². The lowest BCUT2D eigenvalue weighted by Crippen LogP contribution is -2.30. The molecule has 0 aromatic carbocycles. The largest absolute Gasteiger partial charge is 0.472 e. The molecule has 0 aliphatic carbocycles. The van der Waals surface area contributed by atoms with Gasteiger partial charge in [0, 0.05) is 25.7 Å². The molecule has 2 unspecified atom stereocenters. The first-order chi connectivity index (χ1) is 50.7. The van der Waals surface area contributed by atoms with E-state index in [2.05, 4.69) is 48.5 Å². The van der Waals surface area contributed by atoms with Crippen LogP contribution >= 0.6 is 15.6 Å². The second-order valence-electron chi connectivity index (χ2n) is 32.4. The Morgan fingerprint density at radius 1 is 0.257 bits per heavy atom. The Morgan fingerprint density at radius 3 is 0.648 bits per heavy atom. The highest BCUT2D eigenvalue weighted by atomic mass is 31.2. The van der Waals surface area contributed by atoms with Gasteiger partial charge in [-0.25, -0.2) is 9.13 Å². The van der Waals surface area contributed by atoms with E-state index in [4.69, 9.17) is 37.0 Å². The summed E-state index contributed by atoms with van der Waals surface area (Å²) < 4.78 is 68.9. The first-order valence-electron chi connectivity index (χ1n) is 44.3. The van der Waals surface area contributed by atoms with Gasteiger partial charge in [-0.3, -0.25) is 37.3 Å². The minimum atomic E-state index is -4.97. The van der Waals surface area contributed by atoms with Gasteiger partial charge in [0.05, 0.1) is 26.4 Å². The summed E-state index contributed by atoms with van der Waals surface area (Å²) in [5.41, 5.74) is 0. The Kier molecular flexibility index (Phi) is 74.7. The highest BCUT2D eigenvalue weighted by Crippen LogP contribution is 2.45. The van der Waals surface area contributed by atoms with Gasteiger partial charge in [0.1, 0.15) is 19.3 Å². The minimum Gasteiger partial charge on any atom is -0.462 e. The molecule has 0 aliphatic rings. The lowest BCUT2D eigenvalue weighted by atomic mass is 10.0. The van der Waals surface area contributed by atoms with E-state index in [1.54, 1.807) is 0 Å². The first-order valence-corrected chi connectivity index (χ1v) is 47.3. The van der Waals surface area contributed by atoms with Crippen LogP contribution in [0.15, 0.2) is 0 Å². The van der Waals surface area contributed by atoms with Gasteiger partial charge in [-0.15, -0.1) is 0 Å². The van der Waals surface area contributed by atoms with Crippen LogP contribution in [-0.2, 0) is 65.4 Å². The molecule has 19 heteroatoms. The Morgan fingerprint density at radius 2 is 0.438 bits per heavy atom. The van der Waals surface area contributed by atoms with Crippen LogP contribution in [0.4, 0.5) is 0 Å². The van der Waals surface area contributed by atoms with Crippen LogP contribution in [0.2, 0.25) is 0 Å². The van der Waals surface area contributed by atoms with E-state index >= 15 is 0 Å². The zero-order chi connectivity index (χ0) is 77.2. The van der Waals surface area contributed by atoms with Gasteiger partial charge in [-0.2, -0.15) is 0 Å². The number of phosphoric acid groups is 2. The molecule has 0 bridgehead atoms. The van der Waals surface area contributed by atoms with Crippen molar-refractivity contribution >= 4 is 39.5 Å². The Balaban J connectivity index is 5.24. The summed E-state index contributed by atoms with van der Waals surface area (Å²) in [6.45, 7) is 12.0. The predicted octanol–water partition coefficient (Wildman–Crippen LogP) is 26.1. The summed E-state index contributed by atoms with van der Waals surface area (Å²) in [6, 6.07) is 0. The van der Waals surface area contributed by atoms with Crippen molar-refractivity contribution in [3.05, 3.63) is 0 Å². The summed E-state index contributed by atoms with van der Waals surface area (Å²) in [5, 5.41) is 10.7. The molecule has 0 aromatic heterocycles. The van der Waals surface area contributed by atoms with Crippen molar-refractivity contribution < 1.29 is 80.2 Å². The lowest BCUT2D eigenvalue weighted by Gasteiger charge is -2.21. The monoisotopic (exact) mass is 1540 g/mol. The van der Waals surface area contributed by atoms with Crippen LogP contribution in [0.5, 0.6) is 0 Å². The van der Waals surface area contributed by atoms with E-state index in [1.807, 2.05) is 0 Å². The first kappa shape index (κ1) is 103. The maximum Gasteiger partial charge on any atom is 0.472 e. The van der Waals surface area contributed by atoms with Crippen LogP contribution in [0.3, 0.4) is 0 Å². The molecule has 17 nitrogen and oxygen atoms in total. The fourth-order valence-electron chi connectivity index (χ4n) is 13.4. The van der Waals surface area contributed by atoms with Crippen LogP contribution < -0.4 is 0 Å². The molecule has 0 radical (unpaired) electrons. The number of phosphoric ester groups is 2. The Hall–Kier alpha value is -1.94. The summed E-state index contributed by atoms with van der Waals surface area (Å²) in [7, 11) is -9.93. The number of aliphatic hydroxyl groups excluding tert-OH is 1. The molecule has 3 N–H and O–H groups in total. The summed E-state index contributed by atoms with van der Waals surface area (Å²) in [4.78, 5) is 73.2. The molecule has 105 heavy (non-hydrogen) atoms. The lowest BCUT2D eigenvalue weighted by molar-refractivity contribution is -0.161. The molecule has 0 fully saturated rings.